The Hall–Kier alpha value is -1.36. The molecule has 0 unspecified atom stereocenters. The van der Waals surface area contributed by atoms with Crippen molar-refractivity contribution in [3.8, 4) is 0 Å². The highest BCUT2D eigenvalue weighted by Gasteiger charge is 2.40. The van der Waals surface area contributed by atoms with Crippen molar-refractivity contribution in [2.45, 2.75) is 25.4 Å². The van der Waals surface area contributed by atoms with Crippen LogP contribution in [0.1, 0.15) is 19.8 Å². The van der Waals surface area contributed by atoms with Crippen LogP contribution in [0.4, 0.5) is 11.8 Å². The SMILES string of the molecule is CCCC1(O)CN(c2ccnc(N(C)C)n2)C1. The van der Waals surface area contributed by atoms with Gasteiger partial charge in [0, 0.05) is 33.4 Å². The van der Waals surface area contributed by atoms with Gasteiger partial charge in [-0.05, 0) is 12.5 Å². The maximum atomic E-state index is 10.1. The van der Waals surface area contributed by atoms with Gasteiger partial charge in [0.1, 0.15) is 5.82 Å². The summed E-state index contributed by atoms with van der Waals surface area (Å²) in [5.74, 6) is 1.60. The molecule has 1 aromatic heterocycles. The van der Waals surface area contributed by atoms with Crippen LogP contribution >= 0.6 is 0 Å². The Kier molecular flexibility index (Phi) is 3.19. The summed E-state index contributed by atoms with van der Waals surface area (Å²) in [5, 5.41) is 10.1. The van der Waals surface area contributed by atoms with E-state index in [4.69, 9.17) is 0 Å². The predicted octanol–water partition coefficient (Wildman–Crippen LogP) is 0.894. The maximum absolute atomic E-state index is 10.1. The van der Waals surface area contributed by atoms with Gasteiger partial charge in [0.25, 0.3) is 0 Å². The van der Waals surface area contributed by atoms with Gasteiger partial charge in [-0.2, -0.15) is 4.98 Å². The molecule has 1 aliphatic rings. The number of hydrogen-bond donors (Lipinski definition) is 1. The van der Waals surface area contributed by atoms with Gasteiger partial charge in [0.15, 0.2) is 0 Å². The highest BCUT2D eigenvalue weighted by atomic mass is 16.3. The van der Waals surface area contributed by atoms with Crippen LogP contribution in [0, 0.1) is 0 Å². The molecule has 17 heavy (non-hydrogen) atoms. The van der Waals surface area contributed by atoms with Gasteiger partial charge >= 0.3 is 0 Å². The third-order valence-electron chi connectivity index (χ3n) is 3.04. The fraction of sp³-hybridized carbons (Fsp3) is 0.667. The molecule has 2 heterocycles. The fourth-order valence-corrected chi connectivity index (χ4v) is 2.18. The number of anilines is 2. The van der Waals surface area contributed by atoms with Crippen molar-refractivity contribution in [3.05, 3.63) is 12.3 Å². The van der Waals surface area contributed by atoms with E-state index >= 15 is 0 Å². The standard InChI is InChI=1S/C12H20N4O/c1-4-6-12(17)8-16(9-12)10-5-7-13-11(14-10)15(2)3/h5,7,17H,4,6,8-9H2,1-3H3. The summed E-state index contributed by atoms with van der Waals surface area (Å²) in [5.41, 5.74) is -0.516. The minimum atomic E-state index is -0.516. The molecular weight excluding hydrogens is 216 g/mol. The van der Waals surface area contributed by atoms with Gasteiger partial charge in [0.2, 0.25) is 5.95 Å². The monoisotopic (exact) mass is 236 g/mol. The molecule has 0 spiro atoms. The van der Waals surface area contributed by atoms with E-state index in [0.29, 0.717) is 19.0 Å². The first-order valence-corrected chi connectivity index (χ1v) is 6.02. The number of nitrogens with zero attached hydrogens (tertiary/aromatic N) is 4. The largest absolute Gasteiger partial charge is 0.386 e. The maximum Gasteiger partial charge on any atom is 0.226 e. The lowest BCUT2D eigenvalue weighted by Crippen LogP contribution is -2.62. The Bertz CT molecular complexity index is 388. The molecule has 5 heteroatoms. The molecule has 1 aliphatic heterocycles. The predicted molar refractivity (Wildman–Crippen MR) is 68.4 cm³/mol. The van der Waals surface area contributed by atoms with Crippen molar-refractivity contribution in [2.24, 2.45) is 0 Å². The summed E-state index contributed by atoms with van der Waals surface area (Å²) < 4.78 is 0. The Morgan fingerprint density at radius 3 is 2.76 bits per heavy atom. The van der Waals surface area contributed by atoms with Crippen LogP contribution in [0.15, 0.2) is 12.3 Å². The lowest BCUT2D eigenvalue weighted by atomic mass is 9.89. The Morgan fingerprint density at radius 1 is 1.47 bits per heavy atom. The minimum Gasteiger partial charge on any atom is -0.386 e. The summed E-state index contributed by atoms with van der Waals surface area (Å²) in [4.78, 5) is 12.6. The van der Waals surface area contributed by atoms with Gasteiger partial charge in [-0.15, -0.1) is 0 Å². The molecular formula is C12H20N4O. The first-order valence-electron chi connectivity index (χ1n) is 6.02. The molecule has 0 aromatic carbocycles. The summed E-state index contributed by atoms with van der Waals surface area (Å²) in [6.45, 7) is 3.44. The molecule has 5 nitrogen and oxygen atoms in total. The van der Waals surface area contributed by atoms with Crippen LogP contribution in [-0.2, 0) is 0 Å². The molecule has 1 fully saturated rings. The number of β-amino-alcohol motifs (C(OH)–C–C–N with tert-alkyl or cyclic N) is 1. The van der Waals surface area contributed by atoms with Crippen LogP contribution < -0.4 is 9.80 Å². The molecule has 1 saturated heterocycles. The van der Waals surface area contributed by atoms with Crippen LogP contribution in [0.2, 0.25) is 0 Å². The van der Waals surface area contributed by atoms with Gasteiger partial charge in [-0.1, -0.05) is 13.3 Å². The average molecular weight is 236 g/mol. The third-order valence-corrected chi connectivity index (χ3v) is 3.04. The third kappa shape index (κ3) is 2.49. The Labute approximate surface area is 102 Å². The fourth-order valence-electron chi connectivity index (χ4n) is 2.18. The van der Waals surface area contributed by atoms with Crippen molar-refractivity contribution < 1.29 is 5.11 Å². The molecule has 2 rings (SSSR count). The Balaban J connectivity index is 2.03. The van der Waals surface area contributed by atoms with E-state index in [-0.39, 0.29) is 0 Å². The van der Waals surface area contributed by atoms with Crippen molar-refractivity contribution in [2.75, 3.05) is 37.0 Å². The topological polar surface area (TPSA) is 52.5 Å². The van der Waals surface area contributed by atoms with Crippen LogP contribution in [0.3, 0.4) is 0 Å². The molecule has 1 N–H and O–H groups in total. The molecule has 0 radical (unpaired) electrons. The zero-order chi connectivity index (χ0) is 12.5. The molecule has 0 atom stereocenters. The van der Waals surface area contributed by atoms with Gasteiger partial charge in [-0.3, -0.25) is 0 Å². The summed E-state index contributed by atoms with van der Waals surface area (Å²) in [7, 11) is 3.84. The summed E-state index contributed by atoms with van der Waals surface area (Å²) >= 11 is 0. The lowest BCUT2D eigenvalue weighted by molar-refractivity contribution is 0.00294. The Morgan fingerprint density at radius 2 is 2.18 bits per heavy atom. The summed E-state index contributed by atoms with van der Waals surface area (Å²) in [6, 6.07) is 1.89. The van der Waals surface area contributed by atoms with Crippen LogP contribution in [0.25, 0.3) is 0 Å². The number of aliphatic hydroxyl groups is 1. The van der Waals surface area contributed by atoms with E-state index in [2.05, 4.69) is 21.8 Å². The molecule has 1 aromatic rings. The van der Waals surface area contributed by atoms with Gasteiger partial charge in [-0.25, -0.2) is 4.98 Å². The second-order valence-corrected chi connectivity index (χ2v) is 4.94. The van der Waals surface area contributed by atoms with E-state index in [1.807, 2.05) is 25.1 Å². The molecule has 94 valence electrons. The van der Waals surface area contributed by atoms with Crippen LogP contribution in [0.5, 0.6) is 0 Å². The zero-order valence-corrected chi connectivity index (χ0v) is 10.7. The lowest BCUT2D eigenvalue weighted by Gasteiger charge is -2.47. The minimum absolute atomic E-state index is 0.516. The van der Waals surface area contributed by atoms with E-state index in [9.17, 15) is 5.11 Å². The quantitative estimate of drug-likeness (QED) is 0.841. The first kappa shape index (κ1) is 12.1. The number of aromatic nitrogens is 2. The highest BCUT2D eigenvalue weighted by molar-refractivity contribution is 5.47. The van der Waals surface area contributed by atoms with E-state index in [1.54, 1.807) is 6.20 Å². The van der Waals surface area contributed by atoms with E-state index in [1.165, 1.54) is 0 Å². The number of rotatable bonds is 4. The zero-order valence-electron chi connectivity index (χ0n) is 10.7. The second kappa shape index (κ2) is 4.49. The van der Waals surface area contributed by atoms with E-state index in [0.717, 1.165) is 18.7 Å². The first-order chi connectivity index (χ1) is 8.04. The van der Waals surface area contributed by atoms with E-state index < -0.39 is 5.60 Å². The second-order valence-electron chi connectivity index (χ2n) is 4.94. The highest BCUT2D eigenvalue weighted by Crippen LogP contribution is 2.29. The van der Waals surface area contributed by atoms with Crippen molar-refractivity contribution in [1.82, 2.24) is 9.97 Å². The van der Waals surface area contributed by atoms with Crippen molar-refractivity contribution in [3.63, 3.8) is 0 Å². The number of hydrogen-bond acceptors (Lipinski definition) is 5. The van der Waals surface area contributed by atoms with Gasteiger partial charge < -0.3 is 14.9 Å². The molecule has 0 bridgehead atoms. The van der Waals surface area contributed by atoms with Crippen molar-refractivity contribution in [1.29, 1.82) is 0 Å². The van der Waals surface area contributed by atoms with Crippen molar-refractivity contribution >= 4 is 11.8 Å². The summed E-state index contributed by atoms with van der Waals surface area (Å²) in [6.07, 6.45) is 3.63. The molecule has 0 aliphatic carbocycles. The molecule has 0 saturated carbocycles. The normalized spacial score (nSPS) is 17.8. The van der Waals surface area contributed by atoms with Crippen LogP contribution in [-0.4, -0.2) is 47.9 Å². The van der Waals surface area contributed by atoms with Gasteiger partial charge in [0.05, 0.1) is 5.60 Å². The smallest absolute Gasteiger partial charge is 0.226 e. The average Bonchev–Trinajstić information content (AvgIpc) is 2.26. The molecule has 0 amide bonds.